The van der Waals surface area contributed by atoms with E-state index in [9.17, 15) is 9.59 Å². The van der Waals surface area contributed by atoms with Crippen LogP contribution in [0, 0.1) is 0 Å². The molecule has 0 bridgehead atoms. The van der Waals surface area contributed by atoms with Gasteiger partial charge in [-0.05, 0) is 84.8 Å². The Bertz CT molecular complexity index is 1470. The Balaban J connectivity index is 1.22. The smallest absolute Gasteiger partial charge is 0.251 e. The molecule has 4 aromatic rings. The number of ether oxygens (including phenoxy) is 1. The maximum atomic E-state index is 13.4. The molecule has 0 atom stereocenters. The first-order valence-corrected chi connectivity index (χ1v) is 15.8. The lowest BCUT2D eigenvalue weighted by molar-refractivity contribution is -0.137. The molecule has 4 aromatic carbocycles. The fourth-order valence-electron chi connectivity index (χ4n) is 5.68. The zero-order valence-electron chi connectivity index (χ0n) is 25.5. The maximum absolute atomic E-state index is 13.4. The highest BCUT2D eigenvalue weighted by atomic mass is 16.5. The van der Waals surface area contributed by atoms with Crippen LogP contribution in [0.2, 0.25) is 0 Å². The van der Waals surface area contributed by atoms with Crippen LogP contribution in [0.25, 0.3) is 11.1 Å². The van der Waals surface area contributed by atoms with Gasteiger partial charge in [-0.15, -0.1) is 0 Å². The largest absolute Gasteiger partial charge is 0.367 e. The summed E-state index contributed by atoms with van der Waals surface area (Å²) in [5, 5.41) is 3.08. The van der Waals surface area contributed by atoms with Gasteiger partial charge in [-0.25, -0.2) is 0 Å². The van der Waals surface area contributed by atoms with Crippen LogP contribution in [-0.4, -0.2) is 60.9 Å². The summed E-state index contributed by atoms with van der Waals surface area (Å²) < 4.78 is 5.82. The number of nitrogens with one attached hydrogen (secondary N) is 1. The molecule has 228 valence electrons. The van der Waals surface area contributed by atoms with Crippen LogP contribution in [-0.2, 0) is 29.1 Å². The Morgan fingerprint density at radius 2 is 1.41 bits per heavy atom. The molecule has 5 rings (SSSR count). The lowest BCUT2D eigenvalue weighted by Crippen LogP contribution is -2.34. The van der Waals surface area contributed by atoms with E-state index in [1.807, 2.05) is 71.6 Å². The summed E-state index contributed by atoms with van der Waals surface area (Å²) in [5.41, 5.74) is 6.01. The van der Waals surface area contributed by atoms with Crippen LogP contribution in [0.4, 0.5) is 0 Å². The van der Waals surface area contributed by atoms with Crippen molar-refractivity contribution < 1.29 is 14.3 Å². The fraction of sp³-hybridized carbons (Fsp3) is 0.316. The van der Waals surface area contributed by atoms with Gasteiger partial charge in [0.05, 0.1) is 6.61 Å². The van der Waals surface area contributed by atoms with E-state index in [1.165, 1.54) is 18.4 Å². The number of hydrogen-bond acceptors (Lipinski definition) is 4. The summed E-state index contributed by atoms with van der Waals surface area (Å²) in [4.78, 5) is 30.6. The SMILES string of the molecule is O=C(NCCN1CCCC1)c1cccc(-c2cccc(CN(CCCc3ccccc3)C(=O)COCc3ccccc3)c2)c1. The lowest BCUT2D eigenvalue weighted by Gasteiger charge is -2.23. The number of nitrogens with zero attached hydrogens (tertiary/aromatic N) is 2. The molecule has 1 heterocycles. The van der Waals surface area contributed by atoms with E-state index in [1.54, 1.807) is 0 Å². The van der Waals surface area contributed by atoms with Crippen LogP contribution in [0.5, 0.6) is 0 Å². The molecule has 0 aliphatic carbocycles. The van der Waals surface area contributed by atoms with E-state index in [2.05, 4.69) is 52.7 Å². The highest BCUT2D eigenvalue weighted by Gasteiger charge is 2.16. The molecular formula is C38H43N3O3. The number of amides is 2. The number of benzene rings is 4. The second kappa shape index (κ2) is 16.6. The number of aryl methyl sites for hydroxylation is 1. The lowest BCUT2D eigenvalue weighted by atomic mass is 10.0. The maximum Gasteiger partial charge on any atom is 0.251 e. The van der Waals surface area contributed by atoms with Gasteiger partial charge in [0.1, 0.15) is 6.61 Å². The minimum absolute atomic E-state index is 0.0213. The summed E-state index contributed by atoms with van der Waals surface area (Å²) in [5.74, 6) is -0.0695. The summed E-state index contributed by atoms with van der Waals surface area (Å²) in [6, 6.07) is 36.3. The molecule has 6 heteroatoms. The first-order valence-electron chi connectivity index (χ1n) is 15.8. The molecule has 1 fully saturated rings. The van der Waals surface area contributed by atoms with Gasteiger partial charge in [0, 0.05) is 31.7 Å². The van der Waals surface area contributed by atoms with Gasteiger partial charge in [-0.3, -0.25) is 9.59 Å². The summed E-state index contributed by atoms with van der Waals surface area (Å²) in [6.07, 6.45) is 4.26. The van der Waals surface area contributed by atoms with Crippen molar-refractivity contribution in [2.24, 2.45) is 0 Å². The molecular weight excluding hydrogens is 546 g/mol. The molecule has 1 saturated heterocycles. The number of rotatable bonds is 15. The minimum Gasteiger partial charge on any atom is -0.367 e. The molecule has 0 unspecified atom stereocenters. The normalized spacial score (nSPS) is 13.1. The number of likely N-dealkylation sites (tertiary alicyclic amines) is 1. The average molecular weight is 590 g/mol. The van der Waals surface area contributed by atoms with Crippen molar-refractivity contribution in [3.05, 3.63) is 131 Å². The van der Waals surface area contributed by atoms with Gasteiger partial charge >= 0.3 is 0 Å². The van der Waals surface area contributed by atoms with Gasteiger partial charge in [0.25, 0.3) is 5.91 Å². The van der Waals surface area contributed by atoms with Gasteiger partial charge in [0.2, 0.25) is 5.91 Å². The van der Waals surface area contributed by atoms with Crippen molar-refractivity contribution >= 4 is 11.8 Å². The molecule has 1 aliphatic rings. The third kappa shape index (κ3) is 9.63. The van der Waals surface area contributed by atoms with Crippen LogP contribution in [0.15, 0.2) is 109 Å². The third-order valence-electron chi connectivity index (χ3n) is 8.10. The monoisotopic (exact) mass is 589 g/mol. The van der Waals surface area contributed by atoms with Gasteiger partial charge in [-0.2, -0.15) is 0 Å². The molecule has 0 aromatic heterocycles. The minimum atomic E-state index is -0.0482. The zero-order valence-corrected chi connectivity index (χ0v) is 25.5. The number of carbonyl (C=O) groups is 2. The Labute approximate surface area is 261 Å². The molecule has 1 N–H and O–H groups in total. The highest BCUT2D eigenvalue weighted by Crippen LogP contribution is 2.23. The predicted molar refractivity (Wildman–Crippen MR) is 176 cm³/mol. The van der Waals surface area contributed by atoms with Crippen molar-refractivity contribution in [1.29, 1.82) is 0 Å². The molecule has 0 spiro atoms. The van der Waals surface area contributed by atoms with Crippen LogP contribution >= 0.6 is 0 Å². The Morgan fingerprint density at radius 3 is 2.16 bits per heavy atom. The summed E-state index contributed by atoms with van der Waals surface area (Å²) in [6.45, 7) is 5.37. The van der Waals surface area contributed by atoms with Crippen molar-refractivity contribution in [2.75, 3.05) is 39.3 Å². The van der Waals surface area contributed by atoms with E-state index in [0.717, 1.165) is 54.7 Å². The van der Waals surface area contributed by atoms with Crippen LogP contribution in [0.3, 0.4) is 0 Å². The van der Waals surface area contributed by atoms with E-state index in [4.69, 9.17) is 4.74 Å². The van der Waals surface area contributed by atoms with Gasteiger partial charge < -0.3 is 19.9 Å². The average Bonchev–Trinajstić information content (AvgIpc) is 3.59. The topological polar surface area (TPSA) is 61.9 Å². The quantitative estimate of drug-likeness (QED) is 0.175. The molecule has 2 amide bonds. The Hall–Kier alpha value is -4.26. The zero-order chi connectivity index (χ0) is 30.4. The molecule has 1 aliphatic heterocycles. The van der Waals surface area contributed by atoms with Crippen LogP contribution in [0.1, 0.15) is 46.3 Å². The second-order valence-corrected chi connectivity index (χ2v) is 11.5. The van der Waals surface area contributed by atoms with Crippen molar-refractivity contribution in [3.63, 3.8) is 0 Å². The highest BCUT2D eigenvalue weighted by molar-refractivity contribution is 5.95. The Morgan fingerprint density at radius 1 is 0.750 bits per heavy atom. The third-order valence-corrected chi connectivity index (χ3v) is 8.10. The first-order chi connectivity index (χ1) is 21.6. The van der Waals surface area contributed by atoms with E-state index < -0.39 is 0 Å². The molecule has 44 heavy (non-hydrogen) atoms. The fourth-order valence-corrected chi connectivity index (χ4v) is 5.68. The Kier molecular flexibility index (Phi) is 11.7. The van der Waals surface area contributed by atoms with E-state index in [0.29, 0.717) is 31.8 Å². The van der Waals surface area contributed by atoms with Crippen molar-refractivity contribution in [3.8, 4) is 11.1 Å². The van der Waals surface area contributed by atoms with Crippen molar-refractivity contribution in [2.45, 2.75) is 38.8 Å². The van der Waals surface area contributed by atoms with Crippen LogP contribution < -0.4 is 5.32 Å². The second-order valence-electron chi connectivity index (χ2n) is 11.5. The summed E-state index contributed by atoms with van der Waals surface area (Å²) in [7, 11) is 0. The molecule has 6 nitrogen and oxygen atoms in total. The van der Waals surface area contributed by atoms with Crippen molar-refractivity contribution in [1.82, 2.24) is 15.1 Å². The summed E-state index contributed by atoms with van der Waals surface area (Å²) >= 11 is 0. The first kappa shape index (κ1) is 31.2. The molecule has 0 saturated carbocycles. The number of hydrogen-bond donors (Lipinski definition) is 1. The van der Waals surface area contributed by atoms with E-state index >= 15 is 0 Å². The van der Waals surface area contributed by atoms with E-state index in [-0.39, 0.29) is 18.4 Å². The van der Waals surface area contributed by atoms with Gasteiger partial charge in [-0.1, -0.05) is 91.0 Å². The molecule has 0 radical (unpaired) electrons. The standard InChI is InChI=1S/C38H43N3O3/c42-37(30-44-29-32-14-5-2-6-15-32)41(24-11-17-31-12-3-1-4-13-31)28-33-16-9-18-34(26-33)35-19-10-20-36(27-35)38(43)39-21-25-40-22-7-8-23-40/h1-6,9-10,12-16,18-20,26-27H,7-8,11,17,21-25,28-30H2,(H,39,43). The predicted octanol–water partition coefficient (Wildman–Crippen LogP) is 6.36. The van der Waals surface area contributed by atoms with Gasteiger partial charge in [0.15, 0.2) is 0 Å². The number of carbonyl (C=O) groups excluding carboxylic acids is 2.